The van der Waals surface area contributed by atoms with Crippen LogP contribution < -0.4 is 5.32 Å². The van der Waals surface area contributed by atoms with Crippen LogP contribution in [0, 0.1) is 23.2 Å². The second-order valence-corrected chi connectivity index (χ2v) is 8.42. The van der Waals surface area contributed by atoms with Gasteiger partial charge in [-0.25, -0.2) is 0 Å². The molecule has 4 nitrogen and oxygen atoms in total. The number of anilines is 1. The molecule has 2 atom stereocenters. The molecule has 2 aliphatic carbocycles. The molecule has 1 aromatic heterocycles. The van der Waals surface area contributed by atoms with E-state index in [-0.39, 0.29) is 17.1 Å². The van der Waals surface area contributed by atoms with E-state index in [1.54, 1.807) is 0 Å². The maximum Gasteiger partial charge on any atom is 0.231 e. The first-order chi connectivity index (χ1) is 11.7. The number of carbonyl (C=O) groups is 2. The molecule has 4 heteroatoms. The van der Waals surface area contributed by atoms with Crippen molar-refractivity contribution in [1.82, 2.24) is 4.98 Å². The zero-order chi connectivity index (χ0) is 18.0. The molecule has 2 aromatic rings. The molecule has 0 spiro atoms. The quantitative estimate of drug-likeness (QED) is 0.891. The van der Waals surface area contributed by atoms with Crippen LogP contribution in [-0.4, -0.2) is 16.7 Å². The Kier molecular flexibility index (Phi) is 3.19. The fraction of sp³-hybridized carbons (Fsp3) is 0.476. The number of aromatic nitrogens is 1. The molecule has 0 aliphatic heterocycles. The Bertz CT molecular complexity index is 917. The van der Waals surface area contributed by atoms with Gasteiger partial charge < -0.3 is 5.32 Å². The van der Waals surface area contributed by atoms with Crippen LogP contribution in [0.1, 0.15) is 45.7 Å². The minimum atomic E-state index is -0.620. The van der Waals surface area contributed by atoms with Crippen LogP contribution in [0.25, 0.3) is 10.9 Å². The third-order valence-corrected chi connectivity index (χ3v) is 7.25. The summed E-state index contributed by atoms with van der Waals surface area (Å²) in [7, 11) is 0. The van der Waals surface area contributed by atoms with Gasteiger partial charge in [-0.3, -0.25) is 14.6 Å². The molecule has 130 valence electrons. The number of benzene rings is 1. The summed E-state index contributed by atoms with van der Waals surface area (Å²) in [5.41, 5.74) is 1.09. The SMILES string of the molecule is Cc1ccc2cccc(NC(=O)C34CCC(C)(C(=O)C3)C4(C)C)c2n1. The predicted octanol–water partition coefficient (Wildman–Crippen LogP) is 4.27. The van der Waals surface area contributed by atoms with E-state index in [1.165, 1.54) is 0 Å². The van der Waals surface area contributed by atoms with Gasteiger partial charge >= 0.3 is 0 Å². The number of Topliss-reactive ketones (excluding diaryl/α,β-unsaturated/α-hetero) is 1. The van der Waals surface area contributed by atoms with Gasteiger partial charge in [0.1, 0.15) is 5.78 Å². The zero-order valence-corrected chi connectivity index (χ0v) is 15.3. The van der Waals surface area contributed by atoms with Gasteiger partial charge in [-0.05, 0) is 37.3 Å². The lowest BCUT2D eigenvalue weighted by Gasteiger charge is -2.38. The van der Waals surface area contributed by atoms with Crippen molar-refractivity contribution < 1.29 is 9.59 Å². The maximum atomic E-state index is 13.3. The van der Waals surface area contributed by atoms with Gasteiger partial charge in [-0.1, -0.05) is 39.0 Å². The molecular formula is C21H24N2O2. The first-order valence-electron chi connectivity index (χ1n) is 8.92. The molecule has 2 bridgehead atoms. The highest BCUT2D eigenvalue weighted by atomic mass is 16.2. The largest absolute Gasteiger partial charge is 0.324 e. The standard InChI is InChI=1S/C21H24N2O2/c1-13-8-9-14-6-5-7-15(17(14)22-13)23-18(25)21-11-10-20(4,16(24)12-21)19(21,2)3/h5-9H,10-12H2,1-4H3,(H,23,25). The van der Waals surface area contributed by atoms with E-state index in [1.807, 2.05) is 44.2 Å². The van der Waals surface area contributed by atoms with Crippen LogP contribution in [0.3, 0.4) is 0 Å². The molecule has 25 heavy (non-hydrogen) atoms. The number of aryl methyl sites for hydroxylation is 1. The summed E-state index contributed by atoms with van der Waals surface area (Å²) < 4.78 is 0. The number of carbonyl (C=O) groups excluding carboxylic acids is 2. The van der Waals surface area contributed by atoms with E-state index in [2.05, 4.69) is 24.1 Å². The molecular weight excluding hydrogens is 312 g/mol. The van der Waals surface area contributed by atoms with Crippen LogP contribution in [0.4, 0.5) is 5.69 Å². The van der Waals surface area contributed by atoms with E-state index in [0.29, 0.717) is 6.42 Å². The predicted molar refractivity (Wildman–Crippen MR) is 98.3 cm³/mol. The van der Waals surface area contributed by atoms with Gasteiger partial charge in [0, 0.05) is 22.9 Å². The Hall–Kier alpha value is -2.23. The summed E-state index contributed by atoms with van der Waals surface area (Å²) in [4.78, 5) is 30.5. The van der Waals surface area contributed by atoms with Crippen molar-refractivity contribution in [2.45, 2.75) is 47.0 Å². The number of para-hydroxylation sites is 1. The molecule has 0 radical (unpaired) electrons. The number of pyridine rings is 1. The summed E-state index contributed by atoms with van der Waals surface area (Å²) in [6, 6.07) is 9.79. The lowest BCUT2D eigenvalue weighted by atomic mass is 9.64. The van der Waals surface area contributed by atoms with E-state index in [9.17, 15) is 9.59 Å². The highest BCUT2D eigenvalue weighted by Crippen LogP contribution is 2.70. The summed E-state index contributed by atoms with van der Waals surface area (Å²) >= 11 is 0. The average Bonchev–Trinajstić information content (AvgIpc) is 2.86. The molecule has 1 heterocycles. The van der Waals surface area contributed by atoms with Crippen molar-refractivity contribution in [3.05, 3.63) is 36.0 Å². The second-order valence-electron chi connectivity index (χ2n) is 8.42. The Morgan fingerprint density at radius 3 is 2.52 bits per heavy atom. The fourth-order valence-corrected chi connectivity index (χ4v) is 4.95. The number of hydrogen-bond donors (Lipinski definition) is 1. The van der Waals surface area contributed by atoms with E-state index < -0.39 is 10.8 Å². The van der Waals surface area contributed by atoms with Crippen molar-refractivity contribution in [1.29, 1.82) is 0 Å². The van der Waals surface area contributed by atoms with Gasteiger partial charge in [0.2, 0.25) is 5.91 Å². The summed E-state index contributed by atoms with van der Waals surface area (Å²) in [5.74, 6) is 0.189. The van der Waals surface area contributed by atoms with Crippen molar-refractivity contribution in [2.75, 3.05) is 5.32 Å². The molecule has 2 saturated carbocycles. The van der Waals surface area contributed by atoms with E-state index >= 15 is 0 Å². The Morgan fingerprint density at radius 1 is 1.12 bits per heavy atom. The summed E-state index contributed by atoms with van der Waals surface area (Å²) in [6.07, 6.45) is 1.91. The normalized spacial score (nSPS) is 30.0. The minimum absolute atomic E-state index is 0.0390. The maximum absolute atomic E-state index is 13.3. The number of amides is 1. The Balaban J connectivity index is 1.75. The lowest BCUT2D eigenvalue weighted by Crippen LogP contribution is -2.43. The monoisotopic (exact) mass is 336 g/mol. The highest BCUT2D eigenvalue weighted by molar-refractivity contribution is 6.07. The topological polar surface area (TPSA) is 59.1 Å². The van der Waals surface area contributed by atoms with Crippen LogP contribution >= 0.6 is 0 Å². The molecule has 1 amide bonds. The van der Waals surface area contributed by atoms with Gasteiger partial charge in [0.15, 0.2) is 0 Å². The van der Waals surface area contributed by atoms with Gasteiger partial charge in [-0.2, -0.15) is 0 Å². The first kappa shape index (κ1) is 16.2. The minimum Gasteiger partial charge on any atom is -0.324 e. The third kappa shape index (κ3) is 1.91. The third-order valence-electron chi connectivity index (χ3n) is 7.25. The Morgan fingerprint density at radius 2 is 1.88 bits per heavy atom. The lowest BCUT2D eigenvalue weighted by molar-refractivity contribution is -0.131. The van der Waals surface area contributed by atoms with Crippen molar-refractivity contribution in [3.8, 4) is 0 Å². The molecule has 1 N–H and O–H groups in total. The molecule has 4 rings (SSSR count). The smallest absolute Gasteiger partial charge is 0.231 e. The fourth-order valence-electron chi connectivity index (χ4n) is 4.95. The zero-order valence-electron chi connectivity index (χ0n) is 15.3. The van der Waals surface area contributed by atoms with Gasteiger partial charge in [-0.15, -0.1) is 0 Å². The van der Waals surface area contributed by atoms with E-state index in [4.69, 9.17) is 0 Å². The van der Waals surface area contributed by atoms with Crippen LogP contribution in [0.2, 0.25) is 0 Å². The molecule has 1 aromatic carbocycles. The molecule has 2 fully saturated rings. The molecule has 0 saturated heterocycles. The summed E-state index contributed by atoms with van der Waals surface area (Å²) in [5, 5.41) is 4.11. The Labute approximate surface area is 148 Å². The summed E-state index contributed by atoms with van der Waals surface area (Å²) in [6.45, 7) is 8.13. The van der Waals surface area contributed by atoms with Gasteiger partial charge in [0.05, 0.1) is 16.6 Å². The van der Waals surface area contributed by atoms with Crippen molar-refractivity contribution >= 4 is 28.3 Å². The highest BCUT2D eigenvalue weighted by Gasteiger charge is 2.72. The van der Waals surface area contributed by atoms with Crippen molar-refractivity contribution in [2.24, 2.45) is 16.2 Å². The number of nitrogens with zero attached hydrogens (tertiary/aromatic N) is 1. The number of fused-ring (bicyclic) bond motifs is 3. The first-order valence-corrected chi connectivity index (χ1v) is 8.92. The molecule has 2 aliphatic rings. The van der Waals surface area contributed by atoms with Crippen LogP contribution in [-0.2, 0) is 9.59 Å². The second kappa shape index (κ2) is 4.90. The number of ketones is 1. The van der Waals surface area contributed by atoms with Gasteiger partial charge in [0.25, 0.3) is 0 Å². The van der Waals surface area contributed by atoms with Crippen LogP contribution in [0.15, 0.2) is 30.3 Å². The van der Waals surface area contributed by atoms with Crippen LogP contribution in [0.5, 0.6) is 0 Å². The average molecular weight is 336 g/mol. The van der Waals surface area contributed by atoms with Crippen molar-refractivity contribution in [3.63, 3.8) is 0 Å². The molecule has 2 unspecified atom stereocenters. The number of rotatable bonds is 2. The number of hydrogen-bond acceptors (Lipinski definition) is 3. The van der Waals surface area contributed by atoms with E-state index in [0.717, 1.165) is 35.1 Å². The number of nitrogens with one attached hydrogen (secondary N) is 1.